The molecule has 0 saturated carbocycles. The van der Waals surface area contributed by atoms with Gasteiger partial charge in [0.05, 0.1) is 5.02 Å². The van der Waals surface area contributed by atoms with Crippen molar-refractivity contribution in [3.63, 3.8) is 0 Å². The number of nitrogens with one attached hydrogen (secondary N) is 1. The Hall–Kier alpha value is -1.03. The highest BCUT2D eigenvalue weighted by molar-refractivity contribution is 7.99. The van der Waals surface area contributed by atoms with Crippen LogP contribution in [-0.2, 0) is 6.42 Å². The van der Waals surface area contributed by atoms with Gasteiger partial charge in [0.25, 0.3) is 0 Å². The molecule has 1 nitrogen and oxygen atoms in total. The molecule has 0 saturated heterocycles. The molecule has 1 N–H and O–H groups in total. The van der Waals surface area contributed by atoms with Crippen LogP contribution >= 0.6 is 23.4 Å². The zero-order valence-corrected chi connectivity index (χ0v) is 13.3. The maximum absolute atomic E-state index is 14.1. The van der Waals surface area contributed by atoms with Gasteiger partial charge in [-0.3, -0.25) is 0 Å². The van der Waals surface area contributed by atoms with Crippen LogP contribution in [0, 0.1) is 5.82 Å². The van der Waals surface area contributed by atoms with Gasteiger partial charge in [0.1, 0.15) is 5.82 Å². The van der Waals surface area contributed by atoms with Crippen molar-refractivity contribution in [2.24, 2.45) is 0 Å². The fraction of sp³-hybridized carbons (Fsp3) is 0.294. The summed E-state index contributed by atoms with van der Waals surface area (Å²) in [5.74, 6) is 1.14. The van der Waals surface area contributed by atoms with Crippen LogP contribution < -0.4 is 5.32 Å². The normalized spacial score (nSPS) is 18.5. The van der Waals surface area contributed by atoms with E-state index in [9.17, 15) is 4.39 Å². The summed E-state index contributed by atoms with van der Waals surface area (Å²) in [7, 11) is 1.94. The second kappa shape index (κ2) is 6.39. The summed E-state index contributed by atoms with van der Waals surface area (Å²) in [6.45, 7) is 0. The zero-order chi connectivity index (χ0) is 14.8. The molecule has 2 aromatic rings. The van der Waals surface area contributed by atoms with Crippen LogP contribution in [0.15, 0.2) is 47.4 Å². The SMILES string of the molecule is CNC(Cc1cccc(Cl)c1F)C1CSc2ccccc21. The molecule has 1 aliphatic rings. The second-order valence-electron chi connectivity index (χ2n) is 5.27. The summed E-state index contributed by atoms with van der Waals surface area (Å²) in [6, 6.07) is 13.9. The topological polar surface area (TPSA) is 12.0 Å². The highest BCUT2D eigenvalue weighted by Crippen LogP contribution is 2.41. The van der Waals surface area contributed by atoms with Crippen molar-refractivity contribution in [1.29, 1.82) is 0 Å². The van der Waals surface area contributed by atoms with Gasteiger partial charge in [0.2, 0.25) is 0 Å². The summed E-state index contributed by atoms with van der Waals surface area (Å²) < 4.78 is 14.1. The van der Waals surface area contributed by atoms with Crippen LogP contribution in [0.1, 0.15) is 17.0 Å². The summed E-state index contributed by atoms with van der Waals surface area (Å²) in [5.41, 5.74) is 2.04. The van der Waals surface area contributed by atoms with E-state index < -0.39 is 0 Å². The number of hydrogen-bond acceptors (Lipinski definition) is 2. The molecule has 0 aromatic heterocycles. The van der Waals surface area contributed by atoms with E-state index in [1.54, 1.807) is 6.07 Å². The van der Waals surface area contributed by atoms with Gasteiger partial charge in [0, 0.05) is 22.6 Å². The summed E-state index contributed by atoms with van der Waals surface area (Å²) in [5, 5.41) is 3.55. The van der Waals surface area contributed by atoms with Gasteiger partial charge in [-0.25, -0.2) is 4.39 Å². The lowest BCUT2D eigenvalue weighted by Gasteiger charge is -2.24. The average molecular weight is 322 g/mol. The van der Waals surface area contributed by atoms with Crippen LogP contribution in [0.5, 0.6) is 0 Å². The number of benzene rings is 2. The fourth-order valence-electron chi connectivity index (χ4n) is 2.91. The molecule has 0 radical (unpaired) electrons. The first-order valence-electron chi connectivity index (χ1n) is 7.02. The molecule has 2 aromatic carbocycles. The van der Waals surface area contributed by atoms with Crippen molar-refractivity contribution in [2.45, 2.75) is 23.3 Å². The summed E-state index contributed by atoms with van der Waals surface area (Å²) in [4.78, 5) is 1.34. The molecule has 0 fully saturated rings. The Kier molecular flexibility index (Phi) is 4.53. The molecule has 1 heterocycles. The van der Waals surface area contributed by atoms with E-state index in [-0.39, 0.29) is 16.9 Å². The van der Waals surface area contributed by atoms with E-state index in [0.29, 0.717) is 17.9 Å². The third kappa shape index (κ3) is 2.96. The lowest BCUT2D eigenvalue weighted by molar-refractivity contribution is 0.477. The van der Waals surface area contributed by atoms with Crippen LogP contribution in [0.25, 0.3) is 0 Å². The van der Waals surface area contributed by atoms with E-state index in [1.165, 1.54) is 10.5 Å². The quantitative estimate of drug-likeness (QED) is 0.890. The van der Waals surface area contributed by atoms with E-state index in [4.69, 9.17) is 11.6 Å². The molecule has 110 valence electrons. The first-order chi connectivity index (χ1) is 10.2. The second-order valence-corrected chi connectivity index (χ2v) is 6.74. The molecule has 1 aliphatic heterocycles. The van der Waals surface area contributed by atoms with Gasteiger partial charge >= 0.3 is 0 Å². The Morgan fingerprint density at radius 2 is 2.10 bits per heavy atom. The lowest BCUT2D eigenvalue weighted by Crippen LogP contribution is -2.34. The minimum absolute atomic E-state index is 0.198. The molecule has 0 bridgehead atoms. The first kappa shape index (κ1) is 14.9. The Bertz CT molecular complexity index is 646. The Morgan fingerprint density at radius 3 is 2.90 bits per heavy atom. The number of likely N-dealkylation sites (N-methyl/N-ethyl adjacent to an activating group) is 1. The summed E-state index contributed by atoms with van der Waals surface area (Å²) >= 11 is 7.76. The Balaban J connectivity index is 1.85. The highest BCUT2D eigenvalue weighted by atomic mass is 35.5. The van der Waals surface area contributed by atoms with E-state index in [2.05, 4.69) is 29.6 Å². The summed E-state index contributed by atoms with van der Waals surface area (Å²) in [6.07, 6.45) is 0.641. The van der Waals surface area contributed by atoms with E-state index >= 15 is 0 Å². The molecule has 3 rings (SSSR count). The van der Waals surface area contributed by atoms with Crippen molar-refractivity contribution in [3.8, 4) is 0 Å². The van der Waals surface area contributed by atoms with Crippen LogP contribution in [0.2, 0.25) is 5.02 Å². The zero-order valence-electron chi connectivity index (χ0n) is 11.8. The lowest BCUT2D eigenvalue weighted by atomic mass is 9.89. The van der Waals surface area contributed by atoms with Crippen molar-refractivity contribution >= 4 is 23.4 Å². The minimum Gasteiger partial charge on any atom is -0.316 e. The molecule has 2 atom stereocenters. The number of hydrogen-bond donors (Lipinski definition) is 1. The van der Waals surface area contributed by atoms with Crippen LogP contribution in [0.3, 0.4) is 0 Å². The smallest absolute Gasteiger partial charge is 0.145 e. The van der Waals surface area contributed by atoms with Crippen molar-refractivity contribution in [2.75, 3.05) is 12.8 Å². The van der Waals surface area contributed by atoms with Gasteiger partial charge in [-0.15, -0.1) is 11.8 Å². The van der Waals surface area contributed by atoms with Gasteiger partial charge in [-0.1, -0.05) is 41.9 Å². The van der Waals surface area contributed by atoms with Gasteiger partial charge in [-0.2, -0.15) is 0 Å². The third-order valence-corrected chi connectivity index (χ3v) is 5.57. The van der Waals surface area contributed by atoms with Gasteiger partial charge < -0.3 is 5.32 Å². The van der Waals surface area contributed by atoms with E-state index in [1.807, 2.05) is 30.9 Å². The Morgan fingerprint density at radius 1 is 1.29 bits per heavy atom. The largest absolute Gasteiger partial charge is 0.316 e. The van der Waals surface area contributed by atoms with Crippen LogP contribution in [-0.4, -0.2) is 18.8 Å². The number of rotatable bonds is 4. The van der Waals surface area contributed by atoms with Gasteiger partial charge in [0.15, 0.2) is 0 Å². The molecular weight excluding hydrogens is 305 g/mol. The Labute approximate surface area is 133 Å². The molecule has 2 unspecified atom stereocenters. The monoisotopic (exact) mass is 321 g/mol. The van der Waals surface area contributed by atoms with Crippen molar-refractivity contribution < 1.29 is 4.39 Å². The third-order valence-electron chi connectivity index (χ3n) is 4.06. The number of fused-ring (bicyclic) bond motifs is 1. The maximum atomic E-state index is 14.1. The fourth-order valence-corrected chi connectivity index (χ4v) is 4.44. The highest BCUT2D eigenvalue weighted by Gasteiger charge is 2.30. The first-order valence-corrected chi connectivity index (χ1v) is 8.39. The predicted molar refractivity (Wildman–Crippen MR) is 87.9 cm³/mol. The maximum Gasteiger partial charge on any atom is 0.145 e. The average Bonchev–Trinajstić information content (AvgIpc) is 2.93. The standard InChI is InChI=1S/C17H17ClFNS/c1-20-15(9-11-5-4-7-14(18)17(11)19)13-10-21-16-8-3-2-6-12(13)16/h2-8,13,15,20H,9-10H2,1H3. The minimum atomic E-state index is -0.293. The predicted octanol–water partition coefficient (Wildman–Crippen LogP) is 4.50. The molecule has 0 amide bonds. The van der Waals surface area contributed by atoms with Gasteiger partial charge in [-0.05, 0) is 36.7 Å². The number of halogens is 2. The molecule has 0 spiro atoms. The van der Waals surface area contributed by atoms with Crippen molar-refractivity contribution in [3.05, 3.63) is 64.4 Å². The number of thioether (sulfide) groups is 1. The molecule has 21 heavy (non-hydrogen) atoms. The molecule has 4 heteroatoms. The van der Waals surface area contributed by atoms with E-state index in [0.717, 1.165) is 5.75 Å². The molecular formula is C17H17ClFNS. The van der Waals surface area contributed by atoms with Crippen molar-refractivity contribution in [1.82, 2.24) is 5.32 Å². The molecule has 0 aliphatic carbocycles. The van der Waals surface area contributed by atoms with Crippen LogP contribution in [0.4, 0.5) is 4.39 Å².